The van der Waals surface area contributed by atoms with Gasteiger partial charge in [-0.2, -0.15) is 0 Å². The second kappa shape index (κ2) is 7.92. The fourth-order valence-electron chi connectivity index (χ4n) is 3.50. The lowest BCUT2D eigenvalue weighted by molar-refractivity contribution is 0.474. The normalized spacial score (nSPS) is 12.6. The first kappa shape index (κ1) is 20.1. The van der Waals surface area contributed by atoms with Gasteiger partial charge in [-0.25, -0.2) is 13.4 Å². The van der Waals surface area contributed by atoms with E-state index in [1.165, 1.54) is 0 Å². The van der Waals surface area contributed by atoms with Crippen molar-refractivity contribution in [1.82, 2.24) is 4.98 Å². The molecule has 1 aromatic heterocycles. The van der Waals surface area contributed by atoms with Crippen LogP contribution in [-0.2, 0) is 9.84 Å². The summed E-state index contributed by atoms with van der Waals surface area (Å²) in [6.45, 7) is 5.64. The van der Waals surface area contributed by atoms with E-state index >= 15 is 0 Å². The minimum absolute atomic E-state index is 0.256. The topological polar surface area (TPSA) is 60.2 Å². The third kappa shape index (κ3) is 3.81. The van der Waals surface area contributed by atoms with Crippen LogP contribution in [0.15, 0.2) is 88.2 Å². The Morgan fingerprint density at radius 1 is 0.767 bits per heavy atom. The molecule has 4 nitrogen and oxygen atoms in total. The van der Waals surface area contributed by atoms with Crippen LogP contribution in [0.4, 0.5) is 0 Å². The zero-order valence-corrected chi connectivity index (χ0v) is 18.0. The van der Waals surface area contributed by atoms with E-state index < -0.39 is 15.1 Å². The van der Waals surface area contributed by atoms with Crippen molar-refractivity contribution in [2.75, 3.05) is 0 Å². The molecule has 152 valence electrons. The fraction of sp³-hybridized carbons (Fsp3) is 0.160. The summed E-state index contributed by atoms with van der Waals surface area (Å²) in [6.07, 6.45) is 0. The largest absolute Gasteiger partial charge is 0.444 e. The Kier molecular flexibility index (Phi) is 5.31. The Balaban J connectivity index is 1.96. The first-order valence-electron chi connectivity index (χ1n) is 9.76. The fourth-order valence-corrected chi connectivity index (χ4v) is 5.24. The van der Waals surface area contributed by atoms with Crippen LogP contribution in [0.2, 0.25) is 0 Å². The monoisotopic (exact) mass is 417 g/mol. The van der Waals surface area contributed by atoms with Crippen LogP contribution in [-0.4, -0.2) is 13.4 Å². The third-order valence-corrected chi connectivity index (χ3v) is 7.12. The van der Waals surface area contributed by atoms with Gasteiger partial charge in [0, 0.05) is 12.5 Å². The molecule has 0 radical (unpaired) electrons. The number of sulfone groups is 1. The van der Waals surface area contributed by atoms with Gasteiger partial charge in [-0.05, 0) is 31.5 Å². The highest BCUT2D eigenvalue weighted by Crippen LogP contribution is 2.40. The van der Waals surface area contributed by atoms with Crippen molar-refractivity contribution >= 4 is 9.84 Å². The summed E-state index contributed by atoms with van der Waals surface area (Å²) in [5.41, 5.74) is 4.08. The molecule has 0 spiro atoms. The van der Waals surface area contributed by atoms with Crippen LogP contribution in [0.3, 0.4) is 0 Å². The highest BCUT2D eigenvalue weighted by atomic mass is 32.2. The summed E-state index contributed by atoms with van der Waals surface area (Å²) in [4.78, 5) is 4.79. The van der Waals surface area contributed by atoms with E-state index in [9.17, 15) is 8.42 Å². The number of rotatable bonds is 5. The number of hydrogen-bond acceptors (Lipinski definition) is 4. The number of benzene rings is 3. The first-order valence-corrected chi connectivity index (χ1v) is 11.3. The summed E-state index contributed by atoms with van der Waals surface area (Å²) >= 11 is 0. The molecule has 0 aliphatic heterocycles. The molecule has 0 saturated heterocycles. The predicted molar refractivity (Wildman–Crippen MR) is 118 cm³/mol. The van der Waals surface area contributed by atoms with Gasteiger partial charge in [0.05, 0.1) is 4.90 Å². The van der Waals surface area contributed by atoms with E-state index in [1.807, 2.05) is 80.6 Å². The molecule has 4 rings (SSSR count). The highest BCUT2D eigenvalue weighted by Gasteiger charge is 2.36. The Bertz CT molecular complexity index is 1260. The average Bonchev–Trinajstić information content (AvgIpc) is 3.11. The maximum atomic E-state index is 13.8. The predicted octanol–water partition coefficient (Wildman–Crippen LogP) is 5.83. The van der Waals surface area contributed by atoms with E-state index in [-0.39, 0.29) is 4.90 Å². The zero-order valence-electron chi connectivity index (χ0n) is 17.2. The molecule has 3 aromatic carbocycles. The third-order valence-electron chi connectivity index (χ3n) is 5.09. The van der Waals surface area contributed by atoms with Gasteiger partial charge in [0.1, 0.15) is 5.69 Å². The van der Waals surface area contributed by atoms with Gasteiger partial charge < -0.3 is 4.42 Å². The smallest absolute Gasteiger partial charge is 0.192 e. The van der Waals surface area contributed by atoms with Gasteiger partial charge in [0.25, 0.3) is 0 Å². The molecule has 0 bridgehead atoms. The van der Waals surface area contributed by atoms with Crippen molar-refractivity contribution < 1.29 is 12.8 Å². The average molecular weight is 418 g/mol. The van der Waals surface area contributed by atoms with Gasteiger partial charge in [0.2, 0.25) is 0 Å². The van der Waals surface area contributed by atoms with Crippen LogP contribution in [0.25, 0.3) is 11.3 Å². The van der Waals surface area contributed by atoms with Crippen LogP contribution in [0, 0.1) is 20.8 Å². The molecule has 0 aliphatic rings. The maximum Gasteiger partial charge on any atom is 0.192 e. The van der Waals surface area contributed by atoms with Crippen molar-refractivity contribution in [3.05, 3.63) is 107 Å². The quantitative estimate of drug-likeness (QED) is 0.410. The van der Waals surface area contributed by atoms with Crippen molar-refractivity contribution in [3.8, 4) is 11.3 Å². The molecule has 0 saturated carbocycles. The van der Waals surface area contributed by atoms with Crippen LogP contribution >= 0.6 is 0 Å². The second-order valence-corrected chi connectivity index (χ2v) is 9.49. The Morgan fingerprint density at radius 3 is 1.93 bits per heavy atom. The molecule has 30 heavy (non-hydrogen) atoms. The summed E-state index contributed by atoms with van der Waals surface area (Å²) in [5.74, 6) is 0.767. The molecule has 1 atom stereocenters. The number of hydrogen-bond donors (Lipinski definition) is 0. The van der Waals surface area contributed by atoms with Crippen molar-refractivity contribution in [2.45, 2.75) is 30.9 Å². The Hall–Kier alpha value is -3.18. The Morgan fingerprint density at radius 2 is 1.33 bits per heavy atom. The van der Waals surface area contributed by atoms with Crippen LogP contribution in [0.5, 0.6) is 0 Å². The maximum absolute atomic E-state index is 13.8. The van der Waals surface area contributed by atoms with Gasteiger partial charge in [-0.1, -0.05) is 77.9 Å². The lowest BCUT2D eigenvalue weighted by Gasteiger charge is -2.18. The van der Waals surface area contributed by atoms with Gasteiger partial charge in [-0.3, -0.25) is 0 Å². The van der Waals surface area contributed by atoms with Crippen LogP contribution in [0.1, 0.15) is 33.6 Å². The number of aryl methyl sites for hydroxylation is 3. The molecule has 1 unspecified atom stereocenters. The second-order valence-electron chi connectivity index (χ2n) is 7.46. The molecular weight excluding hydrogens is 394 g/mol. The standard InChI is InChI=1S/C25H23NO3S/c1-17-9-13-21(14-10-17)25(30(27,28)22-15-11-18(2)12-16-22)24-23(26-19(3)29-24)20-7-5-4-6-8-20/h4-16,25H,1-3H3. The molecule has 4 aromatic rings. The summed E-state index contributed by atoms with van der Waals surface area (Å²) in [6, 6.07) is 24.0. The number of aromatic nitrogens is 1. The van der Waals surface area contributed by atoms with Gasteiger partial charge in [-0.15, -0.1) is 0 Å². The van der Waals surface area contributed by atoms with E-state index in [0.29, 0.717) is 22.9 Å². The van der Waals surface area contributed by atoms with E-state index in [4.69, 9.17) is 4.42 Å². The summed E-state index contributed by atoms with van der Waals surface area (Å²) in [7, 11) is -3.79. The number of oxazole rings is 1. The minimum atomic E-state index is -3.79. The first-order chi connectivity index (χ1) is 14.4. The zero-order chi connectivity index (χ0) is 21.3. The minimum Gasteiger partial charge on any atom is -0.444 e. The van der Waals surface area contributed by atoms with Gasteiger partial charge in [0.15, 0.2) is 26.7 Å². The molecular formula is C25H23NO3S. The van der Waals surface area contributed by atoms with Crippen molar-refractivity contribution in [1.29, 1.82) is 0 Å². The molecule has 0 aliphatic carbocycles. The highest BCUT2D eigenvalue weighted by molar-refractivity contribution is 7.91. The lowest BCUT2D eigenvalue weighted by Crippen LogP contribution is -2.16. The lowest BCUT2D eigenvalue weighted by atomic mass is 10.0. The number of nitrogens with zero attached hydrogens (tertiary/aromatic N) is 1. The van der Waals surface area contributed by atoms with Crippen molar-refractivity contribution in [2.24, 2.45) is 0 Å². The molecule has 1 heterocycles. The van der Waals surface area contributed by atoms with Gasteiger partial charge >= 0.3 is 0 Å². The molecule has 0 N–H and O–H groups in total. The molecule has 0 amide bonds. The summed E-state index contributed by atoms with van der Waals surface area (Å²) < 4.78 is 33.6. The summed E-state index contributed by atoms with van der Waals surface area (Å²) in [5, 5.41) is -1.00. The van der Waals surface area contributed by atoms with E-state index in [0.717, 1.165) is 16.7 Å². The molecule has 5 heteroatoms. The Labute approximate surface area is 177 Å². The molecule has 0 fully saturated rings. The SMILES string of the molecule is Cc1ccc(C(c2oc(C)nc2-c2ccccc2)S(=O)(=O)c2ccc(C)cc2)cc1. The van der Waals surface area contributed by atoms with Crippen LogP contribution < -0.4 is 0 Å². The van der Waals surface area contributed by atoms with E-state index in [2.05, 4.69) is 4.98 Å². The van der Waals surface area contributed by atoms with E-state index in [1.54, 1.807) is 19.1 Å². The van der Waals surface area contributed by atoms with Crippen molar-refractivity contribution in [3.63, 3.8) is 0 Å².